The molecular formula is C17H18N4O4. The second kappa shape index (κ2) is 7.16. The Kier molecular flexibility index (Phi) is 4.78. The molecule has 1 atom stereocenters. The van der Waals surface area contributed by atoms with Crippen LogP contribution in [0.2, 0.25) is 0 Å². The molecule has 0 radical (unpaired) electrons. The van der Waals surface area contributed by atoms with Crippen LogP contribution in [0.3, 0.4) is 0 Å². The average Bonchev–Trinajstić information content (AvgIpc) is 3.24. The lowest BCUT2D eigenvalue weighted by Crippen LogP contribution is -2.28. The fourth-order valence-electron chi connectivity index (χ4n) is 2.37. The fourth-order valence-corrected chi connectivity index (χ4v) is 2.37. The summed E-state index contributed by atoms with van der Waals surface area (Å²) in [7, 11) is 1.58. The van der Waals surface area contributed by atoms with Crippen molar-refractivity contribution in [3.8, 4) is 17.1 Å². The van der Waals surface area contributed by atoms with E-state index in [2.05, 4.69) is 20.6 Å². The smallest absolute Gasteiger partial charge is 0.249 e. The van der Waals surface area contributed by atoms with Gasteiger partial charge in [0.25, 0.3) is 0 Å². The number of ether oxygens (including phenoxy) is 1. The third-order valence-electron chi connectivity index (χ3n) is 3.56. The number of amides is 1. The number of para-hydroxylation sites is 1. The van der Waals surface area contributed by atoms with Crippen molar-refractivity contribution in [1.82, 2.24) is 20.6 Å². The van der Waals surface area contributed by atoms with Crippen LogP contribution in [-0.4, -0.2) is 28.3 Å². The lowest BCUT2D eigenvalue weighted by Gasteiger charge is -2.08. The molecule has 0 fully saturated rings. The van der Waals surface area contributed by atoms with Crippen LogP contribution in [0.25, 0.3) is 11.4 Å². The van der Waals surface area contributed by atoms with Gasteiger partial charge >= 0.3 is 0 Å². The van der Waals surface area contributed by atoms with Gasteiger partial charge in [-0.2, -0.15) is 4.98 Å². The van der Waals surface area contributed by atoms with Crippen LogP contribution in [-0.2, 0) is 11.2 Å². The quantitative estimate of drug-likeness (QED) is 0.734. The first-order chi connectivity index (χ1) is 12.1. The molecule has 0 spiro atoms. The van der Waals surface area contributed by atoms with Crippen molar-refractivity contribution in [3.05, 3.63) is 47.7 Å². The van der Waals surface area contributed by atoms with Gasteiger partial charge < -0.3 is 19.1 Å². The molecule has 1 amide bonds. The number of hydrogen-bond acceptors (Lipinski definition) is 7. The van der Waals surface area contributed by atoms with E-state index in [1.807, 2.05) is 24.3 Å². The van der Waals surface area contributed by atoms with Gasteiger partial charge in [-0.3, -0.25) is 4.79 Å². The van der Waals surface area contributed by atoms with E-state index >= 15 is 0 Å². The molecule has 0 aliphatic heterocycles. The molecule has 0 saturated carbocycles. The van der Waals surface area contributed by atoms with Gasteiger partial charge in [0.2, 0.25) is 17.6 Å². The number of nitrogens with one attached hydrogen (secondary N) is 1. The Hall–Kier alpha value is -3.16. The van der Waals surface area contributed by atoms with Crippen molar-refractivity contribution in [2.75, 3.05) is 7.11 Å². The van der Waals surface area contributed by atoms with Gasteiger partial charge in [0, 0.05) is 6.07 Å². The summed E-state index contributed by atoms with van der Waals surface area (Å²) in [6, 6.07) is 8.66. The van der Waals surface area contributed by atoms with Crippen LogP contribution in [0.1, 0.15) is 30.3 Å². The van der Waals surface area contributed by atoms with Gasteiger partial charge in [0.15, 0.2) is 0 Å². The molecule has 3 rings (SSSR count). The highest BCUT2D eigenvalue weighted by Gasteiger charge is 2.19. The molecule has 2 heterocycles. The van der Waals surface area contributed by atoms with E-state index in [-0.39, 0.29) is 12.3 Å². The van der Waals surface area contributed by atoms with Crippen LogP contribution >= 0.6 is 0 Å². The Morgan fingerprint density at radius 1 is 1.28 bits per heavy atom. The number of carbonyl (C=O) groups excluding carboxylic acids is 1. The number of methoxy groups -OCH3 is 1. The van der Waals surface area contributed by atoms with Crippen molar-refractivity contribution in [1.29, 1.82) is 0 Å². The lowest BCUT2D eigenvalue weighted by atomic mass is 10.2. The Balaban J connectivity index is 1.68. The van der Waals surface area contributed by atoms with Crippen molar-refractivity contribution >= 4 is 5.91 Å². The number of rotatable bonds is 6. The van der Waals surface area contributed by atoms with Crippen molar-refractivity contribution in [3.63, 3.8) is 0 Å². The first-order valence-electron chi connectivity index (χ1n) is 7.75. The number of aromatic nitrogens is 3. The maximum Gasteiger partial charge on any atom is 0.249 e. The molecule has 8 nitrogen and oxygen atoms in total. The third-order valence-corrected chi connectivity index (χ3v) is 3.56. The minimum Gasteiger partial charge on any atom is -0.496 e. The van der Waals surface area contributed by atoms with Gasteiger partial charge in [-0.25, -0.2) is 0 Å². The number of aryl methyl sites for hydroxylation is 1. The zero-order chi connectivity index (χ0) is 17.8. The highest BCUT2D eigenvalue weighted by Crippen LogP contribution is 2.27. The van der Waals surface area contributed by atoms with Gasteiger partial charge in [-0.15, -0.1) is 0 Å². The normalized spacial score (nSPS) is 12.0. The van der Waals surface area contributed by atoms with E-state index in [1.54, 1.807) is 27.0 Å². The Morgan fingerprint density at radius 3 is 2.80 bits per heavy atom. The summed E-state index contributed by atoms with van der Waals surface area (Å²) in [5.41, 5.74) is 1.29. The molecule has 0 bridgehead atoms. The molecule has 0 aliphatic carbocycles. The lowest BCUT2D eigenvalue weighted by molar-refractivity contribution is -0.121. The first kappa shape index (κ1) is 16.7. The molecule has 130 valence electrons. The predicted molar refractivity (Wildman–Crippen MR) is 87.8 cm³/mol. The summed E-state index contributed by atoms with van der Waals surface area (Å²) >= 11 is 0. The van der Waals surface area contributed by atoms with Gasteiger partial charge in [0.1, 0.15) is 17.6 Å². The van der Waals surface area contributed by atoms with Crippen molar-refractivity contribution in [2.24, 2.45) is 0 Å². The summed E-state index contributed by atoms with van der Waals surface area (Å²) < 4.78 is 15.5. The highest BCUT2D eigenvalue weighted by molar-refractivity contribution is 5.78. The standard InChI is InChI=1S/C17H18N4O4/c1-10-8-12(20-24-10)9-15(22)18-11(2)17-19-16(21-25-17)13-6-4-5-7-14(13)23-3/h4-8,11H,9H2,1-3H3,(H,18,22). The molecule has 2 aromatic heterocycles. The molecule has 1 aromatic carbocycles. The Labute approximate surface area is 144 Å². The Morgan fingerprint density at radius 2 is 2.08 bits per heavy atom. The van der Waals surface area contributed by atoms with Gasteiger partial charge in [-0.05, 0) is 26.0 Å². The third kappa shape index (κ3) is 3.85. The molecular weight excluding hydrogens is 324 g/mol. The maximum atomic E-state index is 12.1. The second-order valence-electron chi connectivity index (χ2n) is 5.55. The summed E-state index contributed by atoms with van der Waals surface area (Å²) in [5, 5.41) is 10.6. The minimum absolute atomic E-state index is 0.120. The highest BCUT2D eigenvalue weighted by atomic mass is 16.5. The largest absolute Gasteiger partial charge is 0.496 e. The summed E-state index contributed by atoms with van der Waals surface area (Å²) in [4.78, 5) is 16.4. The fraction of sp³-hybridized carbons (Fsp3) is 0.294. The number of hydrogen-bond donors (Lipinski definition) is 1. The average molecular weight is 342 g/mol. The first-order valence-corrected chi connectivity index (χ1v) is 7.75. The van der Waals surface area contributed by atoms with E-state index in [0.717, 1.165) is 5.56 Å². The minimum atomic E-state index is -0.434. The van der Waals surface area contributed by atoms with Crippen LogP contribution in [0, 0.1) is 6.92 Å². The van der Waals surface area contributed by atoms with E-state index in [4.69, 9.17) is 13.8 Å². The number of nitrogens with zero attached hydrogens (tertiary/aromatic N) is 3. The topological polar surface area (TPSA) is 103 Å². The molecule has 25 heavy (non-hydrogen) atoms. The van der Waals surface area contributed by atoms with Crippen molar-refractivity contribution < 1.29 is 18.6 Å². The summed E-state index contributed by atoms with van der Waals surface area (Å²) in [5.74, 6) is 1.81. The monoisotopic (exact) mass is 342 g/mol. The van der Waals surface area contributed by atoms with Gasteiger partial charge in [0.05, 0.1) is 24.8 Å². The predicted octanol–water partition coefficient (Wildman–Crippen LogP) is 2.46. The molecule has 8 heteroatoms. The zero-order valence-electron chi connectivity index (χ0n) is 14.1. The molecule has 1 unspecified atom stereocenters. The Bertz CT molecular complexity index is 871. The van der Waals surface area contributed by atoms with Gasteiger partial charge in [-0.1, -0.05) is 22.4 Å². The molecule has 3 aromatic rings. The summed E-state index contributed by atoms with van der Waals surface area (Å²) in [6.07, 6.45) is 0.120. The van der Waals surface area contributed by atoms with E-state index in [0.29, 0.717) is 28.9 Å². The molecule has 0 aliphatic rings. The summed E-state index contributed by atoms with van der Waals surface area (Å²) in [6.45, 7) is 3.54. The van der Waals surface area contributed by atoms with E-state index in [9.17, 15) is 4.79 Å². The molecule has 0 saturated heterocycles. The second-order valence-corrected chi connectivity index (χ2v) is 5.55. The maximum absolute atomic E-state index is 12.1. The zero-order valence-corrected chi connectivity index (χ0v) is 14.1. The van der Waals surface area contributed by atoms with E-state index in [1.165, 1.54) is 0 Å². The van der Waals surface area contributed by atoms with E-state index < -0.39 is 6.04 Å². The molecule has 1 N–H and O–H groups in total. The van der Waals surface area contributed by atoms with Crippen LogP contribution in [0.15, 0.2) is 39.4 Å². The van der Waals surface area contributed by atoms with Crippen LogP contribution in [0.5, 0.6) is 5.75 Å². The van der Waals surface area contributed by atoms with Crippen LogP contribution < -0.4 is 10.1 Å². The number of carbonyl (C=O) groups is 1. The number of benzene rings is 1. The SMILES string of the molecule is COc1ccccc1-c1noc(C(C)NC(=O)Cc2cc(C)on2)n1. The van der Waals surface area contributed by atoms with Crippen molar-refractivity contribution in [2.45, 2.75) is 26.3 Å². The van der Waals surface area contributed by atoms with Crippen LogP contribution in [0.4, 0.5) is 0 Å².